The molecule has 3 N–H and O–H groups in total. The number of benzene rings is 1. The molecule has 18 heavy (non-hydrogen) atoms. The second kappa shape index (κ2) is 5.47. The van der Waals surface area contributed by atoms with Gasteiger partial charge in [0, 0.05) is 24.0 Å². The van der Waals surface area contributed by atoms with Gasteiger partial charge in [-0.15, -0.1) is 0 Å². The van der Waals surface area contributed by atoms with Gasteiger partial charge in [0.15, 0.2) is 0 Å². The third-order valence-corrected chi connectivity index (χ3v) is 2.61. The number of quaternary nitrogens is 1. The average Bonchev–Trinajstić information content (AvgIpc) is 2.41. The summed E-state index contributed by atoms with van der Waals surface area (Å²) in [6.07, 6.45) is 1.53. The number of nitrogens with two attached hydrogens (primary N) is 1. The Labute approximate surface area is 109 Å². The van der Waals surface area contributed by atoms with Crippen LogP contribution < -0.4 is 10.8 Å². The van der Waals surface area contributed by atoms with Crippen molar-refractivity contribution in [1.82, 2.24) is 4.98 Å². The van der Waals surface area contributed by atoms with Crippen molar-refractivity contribution < 1.29 is 5.48 Å². The first-order valence-electron chi connectivity index (χ1n) is 5.11. The molecular formula is C12H9ClN4O. The highest BCUT2D eigenvalue weighted by molar-refractivity contribution is 6.31. The standard InChI is InChI=1S/C12H9ClN4O/c13-11-2-1-9(5-8(11)7-14)16-12-6-10(17-18)3-4-15-12/h1-6H,17H2,(H,15,16). The van der Waals surface area contributed by atoms with Gasteiger partial charge >= 0.3 is 0 Å². The van der Waals surface area contributed by atoms with E-state index in [0.29, 0.717) is 27.8 Å². The highest BCUT2D eigenvalue weighted by atomic mass is 35.5. The molecule has 0 bridgehead atoms. The summed E-state index contributed by atoms with van der Waals surface area (Å²) in [5.41, 5.74) is 2.34. The van der Waals surface area contributed by atoms with Crippen molar-refractivity contribution in [3.63, 3.8) is 0 Å². The largest absolute Gasteiger partial charge is 0.630 e. The topological polar surface area (TPSA) is 88.4 Å². The number of hydrogen-bond acceptors (Lipinski definition) is 4. The minimum atomic E-state index is 0.383. The number of nitrogens with zero attached hydrogens (tertiary/aromatic N) is 2. The van der Waals surface area contributed by atoms with Crippen LogP contribution in [0.2, 0.25) is 5.02 Å². The number of rotatable bonds is 3. The van der Waals surface area contributed by atoms with Gasteiger partial charge in [-0.3, -0.25) is 0 Å². The van der Waals surface area contributed by atoms with Crippen LogP contribution in [0.25, 0.3) is 0 Å². The summed E-state index contributed by atoms with van der Waals surface area (Å²) in [4.78, 5) is 4.07. The smallest absolute Gasteiger partial charge is 0.136 e. The number of nitriles is 1. The van der Waals surface area contributed by atoms with Crippen LogP contribution in [0.1, 0.15) is 5.56 Å². The number of hydrogen-bond donors (Lipinski definition) is 2. The van der Waals surface area contributed by atoms with Crippen molar-refractivity contribution in [3.05, 3.63) is 52.3 Å². The molecule has 0 saturated carbocycles. The first kappa shape index (κ1) is 12.3. The Morgan fingerprint density at radius 1 is 1.33 bits per heavy atom. The van der Waals surface area contributed by atoms with Gasteiger partial charge in [-0.05, 0) is 18.2 Å². The number of nitrogens with one attached hydrogen (secondary N) is 1. The van der Waals surface area contributed by atoms with Crippen LogP contribution in [0.5, 0.6) is 0 Å². The van der Waals surface area contributed by atoms with Crippen LogP contribution in [0.4, 0.5) is 17.2 Å². The molecule has 0 amide bonds. The summed E-state index contributed by atoms with van der Waals surface area (Å²) in [6.45, 7) is 0. The zero-order valence-corrected chi connectivity index (χ0v) is 9.98. The summed E-state index contributed by atoms with van der Waals surface area (Å²) in [5, 5.41) is 22.9. The predicted octanol–water partition coefficient (Wildman–Crippen LogP) is 2.04. The minimum absolute atomic E-state index is 0.383. The van der Waals surface area contributed by atoms with E-state index >= 15 is 0 Å². The van der Waals surface area contributed by atoms with Crippen molar-refractivity contribution in [1.29, 1.82) is 5.26 Å². The normalized spacial score (nSPS) is 9.83. The van der Waals surface area contributed by atoms with Crippen LogP contribution in [0, 0.1) is 16.5 Å². The Bertz CT molecular complexity index is 609. The van der Waals surface area contributed by atoms with Crippen LogP contribution in [-0.4, -0.2) is 4.98 Å². The maximum absolute atomic E-state index is 10.6. The summed E-state index contributed by atoms with van der Waals surface area (Å²) in [5.74, 6) is 0.533. The van der Waals surface area contributed by atoms with E-state index in [1.165, 1.54) is 6.20 Å². The minimum Gasteiger partial charge on any atom is -0.630 e. The second-order valence-electron chi connectivity index (χ2n) is 3.52. The van der Waals surface area contributed by atoms with Crippen molar-refractivity contribution in [3.8, 4) is 6.07 Å². The first-order valence-corrected chi connectivity index (χ1v) is 5.48. The molecule has 0 aliphatic heterocycles. The molecule has 5 nitrogen and oxygen atoms in total. The lowest BCUT2D eigenvalue weighted by Gasteiger charge is -2.07. The van der Waals surface area contributed by atoms with E-state index in [4.69, 9.17) is 16.9 Å². The summed E-state index contributed by atoms with van der Waals surface area (Å²) < 4.78 is 0. The fraction of sp³-hybridized carbons (Fsp3) is 0. The highest BCUT2D eigenvalue weighted by Gasteiger charge is 2.03. The van der Waals surface area contributed by atoms with Crippen LogP contribution in [0.15, 0.2) is 36.5 Å². The Balaban J connectivity index is 2.26. The van der Waals surface area contributed by atoms with E-state index in [-0.39, 0.29) is 0 Å². The summed E-state index contributed by atoms with van der Waals surface area (Å²) in [7, 11) is 0. The van der Waals surface area contributed by atoms with Crippen molar-refractivity contribution in [2.45, 2.75) is 0 Å². The second-order valence-corrected chi connectivity index (χ2v) is 3.93. The van der Waals surface area contributed by atoms with E-state index in [1.807, 2.05) is 6.07 Å². The van der Waals surface area contributed by atoms with E-state index in [2.05, 4.69) is 10.3 Å². The first-order chi connectivity index (χ1) is 8.72. The maximum atomic E-state index is 10.6. The molecule has 0 radical (unpaired) electrons. The molecule has 6 heteroatoms. The molecular weight excluding hydrogens is 252 g/mol. The van der Waals surface area contributed by atoms with Gasteiger partial charge in [0.25, 0.3) is 0 Å². The van der Waals surface area contributed by atoms with Gasteiger partial charge in [-0.1, -0.05) is 11.6 Å². The zero-order valence-electron chi connectivity index (χ0n) is 9.22. The SMILES string of the molecule is N#Cc1cc(Nc2cc([NH2+][O-])ccn2)ccc1Cl. The molecule has 0 atom stereocenters. The summed E-state index contributed by atoms with van der Waals surface area (Å²) in [6, 6.07) is 10.2. The van der Waals surface area contributed by atoms with Gasteiger partial charge in [-0.25, -0.2) is 4.98 Å². The van der Waals surface area contributed by atoms with Crippen molar-refractivity contribution in [2.24, 2.45) is 0 Å². The molecule has 2 rings (SSSR count). The molecule has 0 unspecified atom stereocenters. The van der Waals surface area contributed by atoms with Gasteiger partial charge in [0.2, 0.25) is 0 Å². The van der Waals surface area contributed by atoms with E-state index in [1.54, 1.807) is 30.3 Å². The van der Waals surface area contributed by atoms with E-state index in [0.717, 1.165) is 5.48 Å². The third kappa shape index (κ3) is 2.76. The molecule has 2 aromatic rings. The molecule has 1 heterocycles. The molecule has 1 aromatic carbocycles. The van der Waals surface area contributed by atoms with E-state index < -0.39 is 0 Å². The molecule has 0 aliphatic carbocycles. The predicted molar refractivity (Wildman–Crippen MR) is 68.6 cm³/mol. The van der Waals surface area contributed by atoms with Gasteiger partial charge < -0.3 is 16.0 Å². The molecule has 0 spiro atoms. The highest BCUT2D eigenvalue weighted by Crippen LogP contribution is 2.22. The Hall–Kier alpha value is -2.13. The monoisotopic (exact) mass is 260 g/mol. The van der Waals surface area contributed by atoms with Crippen molar-refractivity contribution in [2.75, 3.05) is 5.32 Å². The van der Waals surface area contributed by atoms with Crippen LogP contribution in [0.3, 0.4) is 0 Å². The van der Waals surface area contributed by atoms with Crippen LogP contribution in [-0.2, 0) is 0 Å². The lowest BCUT2D eigenvalue weighted by Crippen LogP contribution is -2.70. The lowest BCUT2D eigenvalue weighted by atomic mass is 10.2. The zero-order chi connectivity index (χ0) is 13.0. The van der Waals surface area contributed by atoms with Crippen molar-refractivity contribution >= 4 is 28.8 Å². The maximum Gasteiger partial charge on any atom is 0.136 e. The molecule has 0 fully saturated rings. The fourth-order valence-corrected chi connectivity index (χ4v) is 1.58. The van der Waals surface area contributed by atoms with Gasteiger partial charge in [-0.2, -0.15) is 5.26 Å². The average molecular weight is 261 g/mol. The molecule has 1 aromatic heterocycles. The number of aromatic nitrogens is 1. The third-order valence-electron chi connectivity index (χ3n) is 2.28. The molecule has 0 saturated heterocycles. The summed E-state index contributed by atoms with van der Waals surface area (Å²) >= 11 is 5.83. The number of pyridine rings is 1. The van der Waals surface area contributed by atoms with Gasteiger partial charge in [0.05, 0.1) is 10.6 Å². The quantitative estimate of drug-likeness (QED) is 0.827. The molecule has 0 aliphatic rings. The number of anilines is 2. The van der Waals surface area contributed by atoms with Gasteiger partial charge in [0.1, 0.15) is 17.6 Å². The fourth-order valence-electron chi connectivity index (χ4n) is 1.43. The van der Waals surface area contributed by atoms with E-state index in [9.17, 15) is 5.21 Å². The Kier molecular flexibility index (Phi) is 3.75. The lowest BCUT2D eigenvalue weighted by molar-refractivity contribution is -0.497. The molecule has 90 valence electrons. The Morgan fingerprint density at radius 3 is 2.89 bits per heavy atom. The Morgan fingerprint density at radius 2 is 2.17 bits per heavy atom. The number of halogens is 1. The van der Waals surface area contributed by atoms with Crippen LogP contribution >= 0.6 is 11.6 Å².